The van der Waals surface area contributed by atoms with Gasteiger partial charge >= 0.3 is 5.97 Å². The molecule has 5 fully saturated rings. The summed E-state index contributed by atoms with van der Waals surface area (Å²) in [5.74, 6) is 1.35. The first-order valence-electron chi connectivity index (χ1n) is 9.75. The normalized spacial score (nSPS) is 53.2. The first kappa shape index (κ1) is 16.6. The second kappa shape index (κ2) is 5.09. The fourth-order valence-electron chi connectivity index (χ4n) is 7.74. The van der Waals surface area contributed by atoms with Crippen molar-refractivity contribution < 1.29 is 14.6 Å². The third-order valence-electron chi connectivity index (χ3n) is 8.92. The van der Waals surface area contributed by atoms with Crippen LogP contribution in [0.15, 0.2) is 12.2 Å². The lowest BCUT2D eigenvalue weighted by atomic mass is 9.36. The number of hydrogen-bond acceptors (Lipinski definition) is 3. The van der Waals surface area contributed by atoms with Gasteiger partial charge < -0.3 is 9.84 Å². The highest BCUT2D eigenvalue weighted by molar-refractivity contribution is 5.77. The van der Waals surface area contributed by atoms with Gasteiger partial charge in [0.2, 0.25) is 0 Å². The van der Waals surface area contributed by atoms with Gasteiger partial charge in [-0.3, -0.25) is 4.79 Å². The predicted octanol–water partition coefficient (Wildman–Crippen LogP) is 4.10. The SMILES string of the molecule is C=C1[C@H]2CC[C@@]3(CC[C@H]4[C@@](C)(CCC[C@@]4(C)C(=O)OC)[C@@H]3C2)[C@@H]1O. The molecule has 0 heterocycles. The minimum atomic E-state index is -0.359. The third-order valence-corrected chi connectivity index (χ3v) is 8.92. The van der Waals surface area contributed by atoms with Gasteiger partial charge in [-0.1, -0.05) is 19.9 Å². The van der Waals surface area contributed by atoms with Crippen molar-refractivity contribution in [2.45, 2.75) is 71.3 Å². The highest BCUT2D eigenvalue weighted by atomic mass is 16.5. The lowest BCUT2D eigenvalue weighted by Gasteiger charge is -2.68. The lowest BCUT2D eigenvalue weighted by Crippen LogP contribution is -2.65. The minimum Gasteiger partial charge on any atom is -0.469 e. The van der Waals surface area contributed by atoms with Gasteiger partial charge in [0, 0.05) is 5.41 Å². The van der Waals surface area contributed by atoms with Crippen LogP contribution >= 0.6 is 0 Å². The average molecular weight is 332 g/mol. The molecular weight excluding hydrogens is 300 g/mol. The van der Waals surface area contributed by atoms with Crippen molar-refractivity contribution in [2.24, 2.45) is 34.0 Å². The van der Waals surface area contributed by atoms with Gasteiger partial charge in [0.05, 0.1) is 18.6 Å². The summed E-state index contributed by atoms with van der Waals surface area (Å²) in [7, 11) is 1.53. The van der Waals surface area contributed by atoms with Gasteiger partial charge in [0.1, 0.15) is 0 Å². The maximum absolute atomic E-state index is 12.6. The van der Waals surface area contributed by atoms with Crippen molar-refractivity contribution in [3.05, 3.63) is 12.2 Å². The number of carbonyl (C=O) groups is 1. The first-order chi connectivity index (χ1) is 11.3. The number of esters is 1. The molecule has 0 saturated heterocycles. The Labute approximate surface area is 145 Å². The van der Waals surface area contributed by atoms with Crippen molar-refractivity contribution >= 4 is 5.97 Å². The van der Waals surface area contributed by atoms with Crippen molar-refractivity contribution in [2.75, 3.05) is 7.11 Å². The Balaban J connectivity index is 1.76. The highest BCUT2D eigenvalue weighted by Crippen LogP contribution is 2.72. The Morgan fingerprint density at radius 3 is 2.58 bits per heavy atom. The zero-order valence-electron chi connectivity index (χ0n) is 15.4. The van der Waals surface area contributed by atoms with E-state index in [9.17, 15) is 9.90 Å². The Kier molecular flexibility index (Phi) is 3.53. The largest absolute Gasteiger partial charge is 0.469 e. The molecule has 3 heteroatoms. The third kappa shape index (κ3) is 1.80. The number of rotatable bonds is 1. The molecule has 7 atom stereocenters. The number of aliphatic hydroxyl groups excluding tert-OH is 1. The molecule has 0 unspecified atom stereocenters. The molecule has 5 aliphatic carbocycles. The van der Waals surface area contributed by atoms with Gasteiger partial charge in [-0.05, 0) is 80.6 Å². The van der Waals surface area contributed by atoms with Crippen LogP contribution in [-0.2, 0) is 9.53 Å². The Hall–Kier alpha value is -0.830. The van der Waals surface area contributed by atoms with Crippen LogP contribution in [0, 0.1) is 34.0 Å². The average Bonchev–Trinajstić information content (AvgIpc) is 2.58. The zero-order chi connectivity index (χ0) is 17.3. The molecule has 2 bridgehead atoms. The number of carbonyl (C=O) groups excluding carboxylic acids is 1. The van der Waals surface area contributed by atoms with E-state index in [0.717, 1.165) is 37.7 Å². The monoisotopic (exact) mass is 332 g/mol. The van der Waals surface area contributed by atoms with E-state index in [1.165, 1.54) is 26.4 Å². The van der Waals surface area contributed by atoms with Gasteiger partial charge in [-0.25, -0.2) is 0 Å². The summed E-state index contributed by atoms with van der Waals surface area (Å²) in [6.07, 6.45) is 8.46. The molecule has 5 rings (SSSR count). The van der Waals surface area contributed by atoms with Gasteiger partial charge in [0.25, 0.3) is 0 Å². The Morgan fingerprint density at radius 2 is 1.88 bits per heavy atom. The lowest BCUT2D eigenvalue weighted by molar-refractivity contribution is -0.212. The minimum absolute atomic E-state index is 0.0193. The van der Waals surface area contributed by atoms with E-state index >= 15 is 0 Å². The van der Waals surface area contributed by atoms with Crippen LogP contribution in [0.5, 0.6) is 0 Å². The molecule has 1 spiro atoms. The van der Waals surface area contributed by atoms with E-state index in [4.69, 9.17) is 4.74 Å². The van der Waals surface area contributed by atoms with Gasteiger partial charge in [-0.15, -0.1) is 0 Å². The molecule has 0 aromatic carbocycles. The van der Waals surface area contributed by atoms with Gasteiger partial charge in [0.15, 0.2) is 0 Å². The highest BCUT2D eigenvalue weighted by Gasteiger charge is 2.67. The molecule has 24 heavy (non-hydrogen) atoms. The summed E-state index contributed by atoms with van der Waals surface area (Å²) in [5.41, 5.74) is 0.888. The summed E-state index contributed by atoms with van der Waals surface area (Å²) in [6.45, 7) is 8.79. The molecule has 0 aromatic heterocycles. The van der Waals surface area contributed by atoms with E-state index in [1.807, 2.05) is 0 Å². The summed E-state index contributed by atoms with van der Waals surface area (Å²) < 4.78 is 5.22. The van der Waals surface area contributed by atoms with Crippen LogP contribution in [0.25, 0.3) is 0 Å². The molecule has 0 amide bonds. The topological polar surface area (TPSA) is 46.5 Å². The zero-order valence-corrected chi connectivity index (χ0v) is 15.4. The first-order valence-corrected chi connectivity index (χ1v) is 9.75. The molecular formula is C21H32O3. The molecule has 3 nitrogen and oxygen atoms in total. The molecule has 0 aliphatic heterocycles. The van der Waals surface area contributed by atoms with Crippen LogP contribution in [-0.4, -0.2) is 24.3 Å². The number of ether oxygens (including phenoxy) is 1. The quantitative estimate of drug-likeness (QED) is 0.581. The van der Waals surface area contributed by atoms with Crippen LogP contribution < -0.4 is 0 Å². The second-order valence-corrected chi connectivity index (χ2v) is 9.59. The van der Waals surface area contributed by atoms with Crippen LogP contribution in [0.3, 0.4) is 0 Å². The number of methoxy groups -OCH3 is 1. The molecule has 5 aliphatic rings. The van der Waals surface area contributed by atoms with Crippen molar-refractivity contribution in [1.82, 2.24) is 0 Å². The number of fused-ring (bicyclic) bond motifs is 3. The van der Waals surface area contributed by atoms with Crippen LogP contribution in [0.2, 0.25) is 0 Å². The van der Waals surface area contributed by atoms with E-state index in [2.05, 4.69) is 20.4 Å². The van der Waals surface area contributed by atoms with Crippen molar-refractivity contribution in [3.63, 3.8) is 0 Å². The standard InChI is InChI=1S/C21H32O3/c1-13-14-6-10-21(17(13)22)11-7-15-19(2,16(21)12-14)8-5-9-20(15,3)18(23)24-4/h14-17,22H,1,5-12H2,2-4H3/t14-,15-,16-,17+,19+,20+,21-/m0/s1. The predicted molar refractivity (Wildman–Crippen MR) is 93.2 cm³/mol. The Bertz CT molecular complexity index is 584. The van der Waals surface area contributed by atoms with E-state index in [-0.39, 0.29) is 28.3 Å². The smallest absolute Gasteiger partial charge is 0.311 e. The molecule has 0 aromatic rings. The van der Waals surface area contributed by atoms with Crippen molar-refractivity contribution in [3.8, 4) is 0 Å². The molecule has 5 saturated carbocycles. The molecule has 134 valence electrons. The van der Waals surface area contributed by atoms with E-state index < -0.39 is 0 Å². The fourth-order valence-corrected chi connectivity index (χ4v) is 7.74. The van der Waals surface area contributed by atoms with Gasteiger partial charge in [-0.2, -0.15) is 0 Å². The van der Waals surface area contributed by atoms with Crippen LogP contribution in [0.1, 0.15) is 65.2 Å². The maximum atomic E-state index is 12.6. The van der Waals surface area contributed by atoms with E-state index in [1.54, 1.807) is 0 Å². The van der Waals surface area contributed by atoms with Crippen LogP contribution in [0.4, 0.5) is 0 Å². The van der Waals surface area contributed by atoms with E-state index in [0.29, 0.717) is 17.8 Å². The second-order valence-electron chi connectivity index (χ2n) is 9.59. The van der Waals surface area contributed by atoms with Crippen molar-refractivity contribution in [1.29, 1.82) is 0 Å². The summed E-state index contributed by atoms with van der Waals surface area (Å²) in [6, 6.07) is 0. The molecule has 1 N–H and O–H groups in total. The number of hydrogen-bond donors (Lipinski definition) is 1. The summed E-state index contributed by atoms with van der Waals surface area (Å²) >= 11 is 0. The molecule has 0 radical (unpaired) electrons. The Morgan fingerprint density at radius 1 is 1.17 bits per heavy atom. The number of aliphatic hydroxyl groups is 1. The fraction of sp³-hybridized carbons (Fsp3) is 0.857. The summed E-state index contributed by atoms with van der Waals surface area (Å²) in [5, 5.41) is 11.1. The summed E-state index contributed by atoms with van der Waals surface area (Å²) in [4.78, 5) is 12.6. The maximum Gasteiger partial charge on any atom is 0.311 e.